The molecule has 0 spiro atoms. The molecule has 1 unspecified atom stereocenters. The van der Waals surface area contributed by atoms with Gasteiger partial charge in [0.2, 0.25) is 5.91 Å². The van der Waals surface area contributed by atoms with Gasteiger partial charge in [0.05, 0.1) is 5.92 Å². The van der Waals surface area contributed by atoms with E-state index in [9.17, 15) is 14.4 Å². The first-order chi connectivity index (χ1) is 9.65. The van der Waals surface area contributed by atoms with Gasteiger partial charge in [-0.25, -0.2) is 4.79 Å². The fourth-order valence-electron chi connectivity index (χ4n) is 2.26. The van der Waals surface area contributed by atoms with Gasteiger partial charge in [0.1, 0.15) is 6.54 Å². The van der Waals surface area contributed by atoms with Crippen molar-refractivity contribution in [3.05, 3.63) is 27.4 Å². The van der Waals surface area contributed by atoms with Gasteiger partial charge in [-0.3, -0.25) is 14.2 Å². The summed E-state index contributed by atoms with van der Waals surface area (Å²) in [5, 5.41) is 11.8. The van der Waals surface area contributed by atoms with E-state index in [4.69, 9.17) is 5.11 Å². The Kier molecular flexibility index (Phi) is 5.23. The van der Waals surface area contributed by atoms with Gasteiger partial charge in [0, 0.05) is 23.0 Å². The molecule has 0 fully saturated rings. The number of nitrogens with one attached hydrogen (secondary N) is 1. The maximum atomic E-state index is 12.0. The van der Waals surface area contributed by atoms with Gasteiger partial charge in [-0.2, -0.15) is 4.98 Å². The lowest BCUT2D eigenvalue weighted by molar-refractivity contribution is -0.138. The number of hydrogen-bond donors (Lipinski definition) is 2. The van der Waals surface area contributed by atoms with E-state index in [-0.39, 0.29) is 18.5 Å². The second-order valence-electron chi connectivity index (χ2n) is 5.35. The maximum Gasteiger partial charge on any atom is 0.348 e. The fraction of sp³-hybridized carbons (Fsp3) is 0.571. The van der Waals surface area contributed by atoms with Crippen molar-refractivity contribution in [2.24, 2.45) is 0 Å². The average molecular weight is 295 g/mol. The molecule has 0 aliphatic heterocycles. The van der Waals surface area contributed by atoms with E-state index in [2.05, 4.69) is 10.3 Å². The van der Waals surface area contributed by atoms with E-state index < -0.39 is 17.6 Å². The third-order valence-corrected chi connectivity index (χ3v) is 3.23. The molecule has 0 saturated heterocycles. The number of carbonyl (C=O) groups is 2. The predicted molar refractivity (Wildman–Crippen MR) is 77.3 cm³/mol. The van der Waals surface area contributed by atoms with Gasteiger partial charge in [0.25, 0.3) is 0 Å². The van der Waals surface area contributed by atoms with Crippen molar-refractivity contribution in [3.63, 3.8) is 0 Å². The molecule has 1 aromatic heterocycles. The molecule has 1 heterocycles. The Labute approximate surface area is 123 Å². The minimum atomic E-state index is -1.00. The molecule has 0 radical (unpaired) electrons. The van der Waals surface area contributed by atoms with Crippen LogP contribution in [-0.4, -0.2) is 32.6 Å². The van der Waals surface area contributed by atoms with Crippen LogP contribution in [0.2, 0.25) is 0 Å². The highest BCUT2D eigenvalue weighted by molar-refractivity contribution is 5.77. The van der Waals surface area contributed by atoms with Gasteiger partial charge in [-0.1, -0.05) is 0 Å². The molecule has 21 heavy (non-hydrogen) atoms. The molecule has 116 valence electrons. The second kappa shape index (κ2) is 6.51. The lowest BCUT2D eigenvalue weighted by Crippen LogP contribution is -2.38. The zero-order valence-corrected chi connectivity index (χ0v) is 12.9. The van der Waals surface area contributed by atoms with Gasteiger partial charge in [-0.05, 0) is 34.6 Å². The number of carbonyl (C=O) groups excluding carboxylic acids is 1. The van der Waals surface area contributed by atoms with E-state index in [0.717, 1.165) is 0 Å². The van der Waals surface area contributed by atoms with Crippen molar-refractivity contribution < 1.29 is 14.7 Å². The second-order valence-corrected chi connectivity index (χ2v) is 5.35. The Bertz CT molecular complexity index is 619. The Morgan fingerprint density at radius 1 is 1.29 bits per heavy atom. The van der Waals surface area contributed by atoms with Crippen LogP contribution in [0.1, 0.15) is 43.6 Å². The summed E-state index contributed by atoms with van der Waals surface area (Å²) in [5.41, 5.74) is 0.763. The van der Waals surface area contributed by atoms with Crippen molar-refractivity contribution in [1.82, 2.24) is 14.9 Å². The number of aromatic nitrogens is 2. The number of nitrogens with zero attached hydrogens (tertiary/aromatic N) is 2. The minimum Gasteiger partial charge on any atom is -0.481 e. The van der Waals surface area contributed by atoms with Crippen LogP contribution in [0.25, 0.3) is 0 Å². The molecule has 1 amide bonds. The Morgan fingerprint density at radius 2 is 1.86 bits per heavy atom. The lowest BCUT2D eigenvalue weighted by atomic mass is 9.98. The van der Waals surface area contributed by atoms with Crippen molar-refractivity contribution in [3.8, 4) is 0 Å². The number of rotatable bonds is 5. The standard InChI is InChI=1S/C14H21N3O4/c1-7(2)15-11(18)6-17-10(5)12(8(3)13(19)20)9(4)16-14(17)21/h7-8H,6H2,1-5H3,(H,15,18)(H,19,20). The monoisotopic (exact) mass is 295 g/mol. The first kappa shape index (κ1) is 16.9. The topological polar surface area (TPSA) is 101 Å². The van der Waals surface area contributed by atoms with Crippen LogP contribution < -0.4 is 11.0 Å². The molecule has 0 aromatic carbocycles. The third-order valence-electron chi connectivity index (χ3n) is 3.23. The first-order valence-electron chi connectivity index (χ1n) is 6.75. The minimum absolute atomic E-state index is 0.0377. The predicted octanol–water partition coefficient (Wildman–Crippen LogP) is 0.573. The van der Waals surface area contributed by atoms with Crippen molar-refractivity contribution in [1.29, 1.82) is 0 Å². The summed E-state index contributed by atoms with van der Waals surface area (Å²) in [6.07, 6.45) is 0. The number of carboxylic acids is 1. The third kappa shape index (κ3) is 3.90. The van der Waals surface area contributed by atoms with Crippen LogP contribution in [0, 0.1) is 13.8 Å². The Balaban J connectivity index is 3.28. The molecule has 7 heteroatoms. The van der Waals surface area contributed by atoms with E-state index in [1.165, 1.54) is 11.5 Å². The molecule has 0 saturated carbocycles. The highest BCUT2D eigenvalue weighted by Gasteiger charge is 2.22. The van der Waals surface area contributed by atoms with Gasteiger partial charge in [0.15, 0.2) is 0 Å². The van der Waals surface area contributed by atoms with Gasteiger partial charge >= 0.3 is 11.7 Å². The number of amides is 1. The van der Waals surface area contributed by atoms with E-state index in [0.29, 0.717) is 17.0 Å². The molecule has 1 aromatic rings. The fourth-order valence-corrected chi connectivity index (χ4v) is 2.26. The summed E-state index contributed by atoms with van der Waals surface area (Å²) in [6.45, 7) is 8.23. The van der Waals surface area contributed by atoms with E-state index in [1.54, 1.807) is 13.8 Å². The molecular weight excluding hydrogens is 274 g/mol. The van der Waals surface area contributed by atoms with Gasteiger partial charge < -0.3 is 10.4 Å². The highest BCUT2D eigenvalue weighted by atomic mass is 16.4. The van der Waals surface area contributed by atoms with Crippen molar-refractivity contribution in [2.75, 3.05) is 0 Å². The summed E-state index contributed by atoms with van der Waals surface area (Å²) in [7, 11) is 0. The molecule has 7 nitrogen and oxygen atoms in total. The molecule has 0 bridgehead atoms. The molecule has 0 aliphatic rings. The Morgan fingerprint density at radius 3 is 2.33 bits per heavy atom. The van der Waals surface area contributed by atoms with Crippen molar-refractivity contribution in [2.45, 2.75) is 53.1 Å². The normalized spacial score (nSPS) is 12.3. The van der Waals surface area contributed by atoms with E-state index in [1.807, 2.05) is 13.8 Å². The number of hydrogen-bond acceptors (Lipinski definition) is 4. The van der Waals surface area contributed by atoms with Crippen LogP contribution in [0.5, 0.6) is 0 Å². The first-order valence-corrected chi connectivity index (χ1v) is 6.75. The van der Waals surface area contributed by atoms with Gasteiger partial charge in [-0.15, -0.1) is 0 Å². The van der Waals surface area contributed by atoms with Crippen LogP contribution in [0.4, 0.5) is 0 Å². The zero-order valence-electron chi connectivity index (χ0n) is 12.9. The van der Waals surface area contributed by atoms with Crippen LogP contribution in [0.3, 0.4) is 0 Å². The molecule has 2 N–H and O–H groups in total. The number of carboxylic acid groups (broad SMARTS) is 1. The highest BCUT2D eigenvalue weighted by Crippen LogP contribution is 2.21. The largest absolute Gasteiger partial charge is 0.481 e. The molecule has 0 aliphatic carbocycles. The summed E-state index contributed by atoms with van der Waals surface area (Å²) in [4.78, 5) is 38.8. The van der Waals surface area contributed by atoms with Crippen LogP contribution in [0.15, 0.2) is 4.79 Å². The average Bonchev–Trinajstić information content (AvgIpc) is 2.33. The van der Waals surface area contributed by atoms with Crippen LogP contribution in [-0.2, 0) is 16.1 Å². The quantitative estimate of drug-likeness (QED) is 0.827. The molecular formula is C14H21N3O4. The lowest BCUT2D eigenvalue weighted by Gasteiger charge is -2.18. The van der Waals surface area contributed by atoms with Crippen LogP contribution >= 0.6 is 0 Å². The Hall–Kier alpha value is -2.18. The summed E-state index contributed by atoms with van der Waals surface area (Å²) >= 11 is 0. The summed E-state index contributed by atoms with van der Waals surface area (Å²) < 4.78 is 1.21. The molecule has 1 atom stereocenters. The smallest absolute Gasteiger partial charge is 0.348 e. The summed E-state index contributed by atoms with van der Waals surface area (Å²) in [5.74, 6) is -2.10. The maximum absolute atomic E-state index is 12.0. The SMILES string of the molecule is Cc1nc(=O)n(CC(=O)NC(C)C)c(C)c1C(C)C(=O)O. The molecule has 1 rings (SSSR count). The van der Waals surface area contributed by atoms with E-state index >= 15 is 0 Å². The summed E-state index contributed by atoms with van der Waals surface area (Å²) in [6, 6.07) is -0.0377. The number of aryl methyl sites for hydroxylation is 1. The zero-order chi connectivity index (χ0) is 16.3. The number of aliphatic carboxylic acids is 1. The van der Waals surface area contributed by atoms with Crippen molar-refractivity contribution >= 4 is 11.9 Å².